The summed E-state index contributed by atoms with van der Waals surface area (Å²) in [4.78, 5) is 31.7. The molecule has 1 aromatic rings. The van der Waals surface area contributed by atoms with Gasteiger partial charge in [0, 0.05) is 0 Å². The second-order valence-corrected chi connectivity index (χ2v) is 5.47. The monoisotopic (exact) mass is 564 g/mol. The number of carbonyl (C=O) groups is 2. The molecular formula is C16H23FmN2O4-. The van der Waals surface area contributed by atoms with E-state index in [1.165, 1.54) is 12.0 Å². The molecule has 23 heavy (non-hydrogen) atoms. The number of carbonyl (C=O) groups excluding carboxylic acids is 3. The maximum absolute atomic E-state index is 11.1. The zero-order valence-electron chi connectivity index (χ0n) is 13.7. The minimum Gasteiger partial charge on any atom is -0.522 e. The Labute approximate surface area is 131 Å². The number of amides is 2. The van der Waals surface area contributed by atoms with E-state index in [-0.39, 0.29) is 13.1 Å². The summed E-state index contributed by atoms with van der Waals surface area (Å²) in [5.41, 5.74) is 0.749. The summed E-state index contributed by atoms with van der Waals surface area (Å²) in [6.07, 6.45) is 1.35. The van der Waals surface area contributed by atoms with Gasteiger partial charge >= 0.3 is 5.97 Å². The van der Waals surface area contributed by atoms with Gasteiger partial charge in [0.2, 0.25) is 5.91 Å². The largest absolute Gasteiger partial charge is 0.522 e. The molecule has 1 rings (SSSR count). The van der Waals surface area contributed by atoms with Crippen molar-refractivity contribution in [3.05, 3.63) is 35.9 Å². The molecule has 0 aliphatic rings. The van der Waals surface area contributed by atoms with E-state index in [0.29, 0.717) is 0 Å². The van der Waals surface area contributed by atoms with Crippen molar-refractivity contribution in [2.45, 2.75) is 33.3 Å². The van der Waals surface area contributed by atoms with Crippen molar-refractivity contribution in [2.24, 2.45) is 0 Å². The van der Waals surface area contributed by atoms with Crippen molar-refractivity contribution < 1.29 is 19.1 Å². The summed E-state index contributed by atoms with van der Waals surface area (Å²) < 4.78 is 4.94. The molecule has 0 aliphatic heterocycles. The van der Waals surface area contributed by atoms with E-state index >= 15 is 0 Å². The molecule has 0 spiro atoms. The van der Waals surface area contributed by atoms with Gasteiger partial charge < -0.3 is 20.2 Å². The van der Waals surface area contributed by atoms with Gasteiger partial charge in [-0.15, -0.1) is 0 Å². The molecule has 0 bridgehead atoms. The normalized spacial score (nSPS) is 9.39. The number of aryl methyl sites for hydroxylation is 1. The van der Waals surface area contributed by atoms with Crippen LogP contribution in [-0.2, 0) is 19.1 Å². The van der Waals surface area contributed by atoms with Crippen molar-refractivity contribution in [3.8, 4) is 0 Å². The zero-order chi connectivity index (χ0) is 17.0. The van der Waals surface area contributed by atoms with Crippen LogP contribution in [-0.4, -0.2) is 37.0 Å². The second-order valence-electron chi connectivity index (χ2n) is 5.47. The van der Waals surface area contributed by atoms with Gasteiger partial charge in [0.05, 0.1) is 6.54 Å². The third kappa shape index (κ3) is 14.8. The van der Waals surface area contributed by atoms with E-state index in [2.05, 4.69) is 29.7 Å². The van der Waals surface area contributed by atoms with Gasteiger partial charge in [-0.1, -0.05) is 35.9 Å². The molecule has 0 fully saturated rings. The molecule has 7 heteroatoms. The average molecular weight is 564 g/mol. The Bertz CT molecular complexity index is 473. The molecule has 1 aromatic carbocycles. The third-order valence-corrected chi connectivity index (χ3v) is 2.11. The van der Waals surface area contributed by atoms with E-state index in [4.69, 9.17) is 4.74 Å². The Morgan fingerprint density at radius 1 is 1.13 bits per heavy atom. The van der Waals surface area contributed by atoms with Crippen LogP contribution in [0.3, 0.4) is 0 Å². The van der Waals surface area contributed by atoms with Crippen LogP contribution in [0.25, 0.3) is 0 Å². The van der Waals surface area contributed by atoms with Crippen LogP contribution in [0.4, 0.5) is 0 Å². The van der Waals surface area contributed by atoms with Crippen LogP contribution < -0.4 is 10.6 Å². The summed E-state index contributed by atoms with van der Waals surface area (Å²) in [6.45, 7) is 6.86. The number of benzene rings is 1. The number of hydrogen-bond acceptors (Lipinski definition) is 4. The number of nitrogens with one attached hydrogen (secondary N) is 2. The first-order valence-electron chi connectivity index (χ1n) is 6.85. The fourth-order valence-electron chi connectivity index (χ4n) is 1.26. The number of esters is 1. The summed E-state index contributed by atoms with van der Waals surface area (Å²) in [7, 11) is 0. The van der Waals surface area contributed by atoms with Crippen LogP contribution in [0.15, 0.2) is 30.3 Å². The van der Waals surface area contributed by atoms with E-state index in [0.717, 1.165) is 0 Å². The minimum absolute atomic E-state index is 0. The fraction of sp³-hybridized carbons (Fsp3) is 0.438. The Balaban J connectivity index is 0. The quantitative estimate of drug-likeness (QED) is 0.319. The minimum atomic E-state index is -0.573. The summed E-state index contributed by atoms with van der Waals surface area (Å²) in [6, 6.07) is 10.3. The van der Waals surface area contributed by atoms with Crippen molar-refractivity contribution >= 4 is 18.3 Å². The number of ether oxygens (including phenoxy) is 1. The van der Waals surface area contributed by atoms with E-state index in [1.54, 1.807) is 20.8 Å². The molecule has 0 saturated heterocycles. The fourth-order valence-corrected chi connectivity index (χ4v) is 1.26. The second kappa shape index (κ2) is 11.3. The van der Waals surface area contributed by atoms with Crippen LogP contribution in [0.5, 0.6) is 0 Å². The number of rotatable bonds is 5. The summed E-state index contributed by atoms with van der Waals surface area (Å²) >= 11 is 0. The molecule has 0 radical (unpaired) electrons. The molecule has 0 saturated carbocycles. The first-order valence-corrected chi connectivity index (χ1v) is 6.85. The number of hydrogen-bond donors (Lipinski definition) is 2. The zero-order valence-corrected chi connectivity index (χ0v) is 16.1. The van der Waals surface area contributed by atoms with Gasteiger partial charge in [-0.3, -0.25) is 9.59 Å². The van der Waals surface area contributed by atoms with Crippen LogP contribution in [0, 0.1) is 6.92 Å². The molecule has 0 aromatic heterocycles. The first kappa shape index (κ1) is 21.9. The van der Waals surface area contributed by atoms with Crippen molar-refractivity contribution in [3.63, 3.8) is 0 Å². The topological polar surface area (TPSA) is 84.5 Å². The molecule has 0 unspecified atom stereocenters. The Hall–Kier alpha value is -3.37. The van der Waals surface area contributed by atoms with E-state index in [1.807, 2.05) is 18.2 Å². The maximum atomic E-state index is 11.1. The molecule has 134 valence electrons. The van der Waals surface area contributed by atoms with Crippen LogP contribution in [0.1, 0.15) is 26.3 Å². The van der Waals surface area contributed by atoms with Gasteiger partial charge in [-0.05, 0) is 27.7 Å². The molecule has 0 atom stereocenters. The van der Waals surface area contributed by atoms with E-state index in [9.17, 15) is 14.4 Å². The Morgan fingerprint density at radius 2 is 1.70 bits per heavy atom. The van der Waals surface area contributed by atoms with E-state index < -0.39 is 17.5 Å². The van der Waals surface area contributed by atoms with Crippen LogP contribution >= 0.6 is 0 Å². The molecule has 0 heterocycles. The molecular weight excluding hydrogens is 541 g/mol. The molecule has 2 amide bonds. The Morgan fingerprint density at radius 3 is 2.09 bits per heavy atom. The predicted molar refractivity (Wildman–Crippen MR) is 83.7 cm³/mol. The van der Waals surface area contributed by atoms with Gasteiger partial charge in [0.1, 0.15) is 12.1 Å². The Kier molecular flexibility index (Phi) is 10.8. The SMILES string of the molecule is CC(C)(C)OC(=O)CNC(=O)CN[C-]=O.Cc1ccccc1.[Fm]. The smallest absolute Gasteiger partial charge is 0.325 e. The average Bonchev–Trinajstić information content (AvgIpc) is 2.42. The molecule has 2 N–H and O–H groups in total. The van der Waals surface area contributed by atoms with Crippen LogP contribution in [0.2, 0.25) is 0 Å². The van der Waals surface area contributed by atoms with Gasteiger partial charge in [-0.2, -0.15) is 6.41 Å². The van der Waals surface area contributed by atoms with Crippen molar-refractivity contribution in [1.82, 2.24) is 10.6 Å². The standard InChI is InChI=1S/C9H15N2O4.C7H8.Fm/c1-9(2,3)15-8(14)5-11-7(13)4-10-6-12;1-7-5-3-2-4-6-7;/h4-5H2,1-3H3,(H,10,12)(H,11,13);2-6H,1H3;/q-1;;. The van der Waals surface area contributed by atoms with Crippen molar-refractivity contribution in [2.75, 3.05) is 13.1 Å². The summed E-state index contributed by atoms with van der Waals surface area (Å²) in [5, 5.41) is 4.34. The first-order chi connectivity index (χ1) is 10.2. The molecule has 6 nitrogen and oxygen atoms in total. The predicted octanol–water partition coefficient (Wildman–Crippen LogP) is 1.10. The van der Waals surface area contributed by atoms with Crippen molar-refractivity contribution in [1.29, 1.82) is 0 Å². The molecule has 0 aliphatic carbocycles. The van der Waals surface area contributed by atoms with Gasteiger partial charge in [-0.25, -0.2) is 0 Å². The van der Waals surface area contributed by atoms with Gasteiger partial charge in [0.25, 0.3) is 0 Å². The third-order valence-electron chi connectivity index (χ3n) is 2.11. The summed E-state index contributed by atoms with van der Waals surface area (Å²) in [5.74, 6) is -0.991. The van der Waals surface area contributed by atoms with Gasteiger partial charge in [0.15, 0.2) is 0 Å². The maximum Gasteiger partial charge on any atom is 0.325 e.